The van der Waals surface area contributed by atoms with Crippen molar-refractivity contribution in [1.29, 1.82) is 0 Å². The number of aryl methyl sites for hydroxylation is 1. The number of para-hydroxylation sites is 1. The standard InChI is InChI=1S/C23H31NO4/c1-16(2)19-10-6-7-11-20(19)28-17(3)23(25)24-14-8-9-18-12-13-21(26-4)22(15-18)27-5/h6-7,10-13,15-17H,8-9,14H2,1-5H3,(H,24,25). The summed E-state index contributed by atoms with van der Waals surface area (Å²) >= 11 is 0. The van der Waals surface area contributed by atoms with Gasteiger partial charge >= 0.3 is 0 Å². The summed E-state index contributed by atoms with van der Waals surface area (Å²) < 4.78 is 16.5. The predicted octanol–water partition coefficient (Wildman–Crippen LogP) is 4.34. The summed E-state index contributed by atoms with van der Waals surface area (Å²) in [6.45, 7) is 6.59. The van der Waals surface area contributed by atoms with Crippen molar-refractivity contribution in [3.63, 3.8) is 0 Å². The Balaban J connectivity index is 1.81. The van der Waals surface area contributed by atoms with Crippen molar-refractivity contribution in [1.82, 2.24) is 5.32 Å². The summed E-state index contributed by atoms with van der Waals surface area (Å²) in [6, 6.07) is 13.7. The van der Waals surface area contributed by atoms with Crippen molar-refractivity contribution in [2.45, 2.75) is 45.6 Å². The molecule has 0 heterocycles. The van der Waals surface area contributed by atoms with Crippen LogP contribution in [-0.2, 0) is 11.2 Å². The molecule has 0 spiro atoms. The zero-order valence-corrected chi connectivity index (χ0v) is 17.5. The lowest BCUT2D eigenvalue weighted by molar-refractivity contribution is -0.127. The number of hydrogen-bond donors (Lipinski definition) is 1. The summed E-state index contributed by atoms with van der Waals surface area (Å²) in [5, 5.41) is 2.95. The van der Waals surface area contributed by atoms with Gasteiger partial charge in [0.2, 0.25) is 0 Å². The molecule has 0 aromatic heterocycles. The van der Waals surface area contributed by atoms with Gasteiger partial charge in [-0.15, -0.1) is 0 Å². The molecule has 0 fully saturated rings. The van der Waals surface area contributed by atoms with E-state index in [0.29, 0.717) is 18.2 Å². The highest BCUT2D eigenvalue weighted by atomic mass is 16.5. The Morgan fingerprint density at radius 1 is 0.964 bits per heavy atom. The summed E-state index contributed by atoms with van der Waals surface area (Å²) in [7, 11) is 3.25. The van der Waals surface area contributed by atoms with Gasteiger partial charge in [-0.05, 0) is 55.0 Å². The zero-order valence-electron chi connectivity index (χ0n) is 17.5. The fourth-order valence-corrected chi connectivity index (χ4v) is 2.99. The number of nitrogens with one attached hydrogen (secondary N) is 1. The molecule has 0 saturated carbocycles. The highest BCUT2D eigenvalue weighted by molar-refractivity contribution is 5.80. The van der Waals surface area contributed by atoms with Crippen molar-refractivity contribution in [3.05, 3.63) is 53.6 Å². The maximum absolute atomic E-state index is 12.4. The van der Waals surface area contributed by atoms with Crippen LogP contribution in [0.25, 0.3) is 0 Å². The van der Waals surface area contributed by atoms with Gasteiger partial charge in [0.25, 0.3) is 5.91 Å². The van der Waals surface area contributed by atoms with Gasteiger partial charge in [-0.25, -0.2) is 0 Å². The molecule has 1 atom stereocenters. The van der Waals surface area contributed by atoms with Gasteiger partial charge in [-0.3, -0.25) is 4.79 Å². The lowest BCUT2D eigenvalue weighted by Gasteiger charge is -2.18. The van der Waals surface area contributed by atoms with E-state index in [2.05, 4.69) is 19.2 Å². The molecule has 28 heavy (non-hydrogen) atoms. The number of ether oxygens (including phenoxy) is 3. The summed E-state index contributed by atoms with van der Waals surface area (Å²) in [5.74, 6) is 2.44. The van der Waals surface area contributed by atoms with Crippen molar-refractivity contribution in [2.75, 3.05) is 20.8 Å². The summed E-state index contributed by atoms with van der Waals surface area (Å²) in [5.41, 5.74) is 2.25. The lowest BCUT2D eigenvalue weighted by Crippen LogP contribution is -2.37. The Morgan fingerprint density at radius 2 is 1.68 bits per heavy atom. The van der Waals surface area contributed by atoms with Gasteiger partial charge in [0.05, 0.1) is 14.2 Å². The SMILES string of the molecule is COc1ccc(CCCNC(=O)C(C)Oc2ccccc2C(C)C)cc1OC. The van der Waals surface area contributed by atoms with Crippen LogP contribution in [0.15, 0.2) is 42.5 Å². The zero-order chi connectivity index (χ0) is 20.5. The van der Waals surface area contributed by atoms with Crippen molar-refractivity contribution in [2.24, 2.45) is 0 Å². The molecule has 2 rings (SSSR count). The van der Waals surface area contributed by atoms with Crippen LogP contribution < -0.4 is 19.5 Å². The van der Waals surface area contributed by atoms with Crippen LogP contribution >= 0.6 is 0 Å². The minimum atomic E-state index is -0.541. The molecule has 0 aliphatic rings. The Labute approximate surface area is 168 Å². The van der Waals surface area contributed by atoms with Crippen LogP contribution in [0.3, 0.4) is 0 Å². The second kappa shape index (κ2) is 10.6. The van der Waals surface area contributed by atoms with E-state index in [0.717, 1.165) is 35.5 Å². The van der Waals surface area contributed by atoms with Crippen LogP contribution in [0.1, 0.15) is 44.2 Å². The van der Waals surface area contributed by atoms with Crippen molar-refractivity contribution < 1.29 is 19.0 Å². The summed E-state index contributed by atoms with van der Waals surface area (Å²) in [4.78, 5) is 12.4. The molecule has 1 N–H and O–H groups in total. The van der Waals surface area contributed by atoms with Gasteiger partial charge in [-0.1, -0.05) is 38.1 Å². The molecule has 0 aliphatic heterocycles. The Kier molecular flexibility index (Phi) is 8.18. The molecule has 0 saturated heterocycles. The quantitative estimate of drug-likeness (QED) is 0.618. The van der Waals surface area contributed by atoms with E-state index in [-0.39, 0.29) is 5.91 Å². The molecule has 0 aliphatic carbocycles. The number of methoxy groups -OCH3 is 2. The topological polar surface area (TPSA) is 56.8 Å². The Hall–Kier alpha value is -2.69. The molecule has 5 nitrogen and oxygen atoms in total. The molecule has 5 heteroatoms. The first kappa shape index (κ1) is 21.6. The lowest BCUT2D eigenvalue weighted by atomic mass is 10.0. The fraction of sp³-hybridized carbons (Fsp3) is 0.435. The van der Waals surface area contributed by atoms with Gasteiger partial charge in [0, 0.05) is 6.54 Å². The van der Waals surface area contributed by atoms with Gasteiger partial charge in [0.15, 0.2) is 17.6 Å². The molecule has 2 aromatic carbocycles. The number of amides is 1. The second-order valence-electron chi connectivity index (χ2n) is 7.04. The molecule has 1 amide bonds. The molecule has 0 bridgehead atoms. The largest absolute Gasteiger partial charge is 0.493 e. The number of hydrogen-bond acceptors (Lipinski definition) is 4. The molecule has 152 valence electrons. The third-order valence-electron chi connectivity index (χ3n) is 4.60. The number of carbonyl (C=O) groups excluding carboxylic acids is 1. The van der Waals surface area contributed by atoms with Gasteiger partial charge in [0.1, 0.15) is 5.75 Å². The number of rotatable bonds is 10. The smallest absolute Gasteiger partial charge is 0.260 e. The van der Waals surface area contributed by atoms with E-state index in [1.165, 1.54) is 0 Å². The highest BCUT2D eigenvalue weighted by Crippen LogP contribution is 2.28. The third kappa shape index (κ3) is 5.91. The van der Waals surface area contributed by atoms with E-state index >= 15 is 0 Å². The molecule has 0 radical (unpaired) electrons. The van der Waals surface area contributed by atoms with Crippen molar-refractivity contribution in [3.8, 4) is 17.2 Å². The monoisotopic (exact) mass is 385 g/mol. The maximum atomic E-state index is 12.4. The van der Waals surface area contributed by atoms with Gasteiger partial charge in [-0.2, -0.15) is 0 Å². The predicted molar refractivity (Wildman–Crippen MR) is 111 cm³/mol. The number of carbonyl (C=O) groups is 1. The molecular weight excluding hydrogens is 354 g/mol. The minimum absolute atomic E-state index is 0.106. The second-order valence-corrected chi connectivity index (χ2v) is 7.04. The van der Waals surface area contributed by atoms with Crippen LogP contribution in [0.5, 0.6) is 17.2 Å². The number of benzene rings is 2. The normalized spacial score (nSPS) is 11.8. The minimum Gasteiger partial charge on any atom is -0.493 e. The first-order chi connectivity index (χ1) is 13.5. The maximum Gasteiger partial charge on any atom is 0.260 e. The Morgan fingerprint density at radius 3 is 2.36 bits per heavy atom. The van der Waals surface area contributed by atoms with E-state index in [4.69, 9.17) is 14.2 Å². The van der Waals surface area contributed by atoms with E-state index in [9.17, 15) is 4.79 Å². The van der Waals surface area contributed by atoms with Gasteiger partial charge < -0.3 is 19.5 Å². The summed E-state index contributed by atoms with van der Waals surface area (Å²) in [6.07, 6.45) is 1.13. The molecule has 1 unspecified atom stereocenters. The Bertz CT molecular complexity index is 773. The average Bonchev–Trinajstić information content (AvgIpc) is 2.70. The highest BCUT2D eigenvalue weighted by Gasteiger charge is 2.16. The van der Waals surface area contributed by atoms with Crippen LogP contribution in [-0.4, -0.2) is 32.8 Å². The van der Waals surface area contributed by atoms with E-state index < -0.39 is 6.10 Å². The molecule has 2 aromatic rings. The van der Waals surface area contributed by atoms with E-state index in [1.807, 2.05) is 42.5 Å². The van der Waals surface area contributed by atoms with Crippen LogP contribution in [0.4, 0.5) is 0 Å². The van der Waals surface area contributed by atoms with Crippen LogP contribution in [0.2, 0.25) is 0 Å². The third-order valence-corrected chi connectivity index (χ3v) is 4.60. The first-order valence-electron chi connectivity index (χ1n) is 9.70. The van der Waals surface area contributed by atoms with Crippen LogP contribution in [0, 0.1) is 0 Å². The molecular formula is C23H31NO4. The fourth-order valence-electron chi connectivity index (χ4n) is 2.99. The van der Waals surface area contributed by atoms with Crippen molar-refractivity contribution >= 4 is 5.91 Å². The average molecular weight is 386 g/mol. The van der Waals surface area contributed by atoms with E-state index in [1.54, 1.807) is 21.1 Å². The first-order valence-corrected chi connectivity index (χ1v) is 9.70.